The van der Waals surface area contributed by atoms with Crippen LogP contribution in [0.2, 0.25) is 0 Å². The summed E-state index contributed by atoms with van der Waals surface area (Å²) in [5.74, 6) is 0.857. The Labute approximate surface area is 130 Å². The van der Waals surface area contributed by atoms with Crippen LogP contribution in [0.1, 0.15) is 5.56 Å². The second kappa shape index (κ2) is 4.67. The molecule has 0 amide bonds. The van der Waals surface area contributed by atoms with E-state index in [-0.39, 0.29) is 0 Å². The van der Waals surface area contributed by atoms with Crippen LogP contribution in [0.5, 0.6) is 0 Å². The van der Waals surface area contributed by atoms with Crippen molar-refractivity contribution < 1.29 is 0 Å². The van der Waals surface area contributed by atoms with Crippen LogP contribution in [0.25, 0.3) is 33.3 Å². The SMILES string of the molecule is Cc1cc(Br)cc2[nH]c(-c3cccc4cccnc34)nc12. The highest BCUT2D eigenvalue weighted by molar-refractivity contribution is 9.10. The fourth-order valence-corrected chi connectivity index (χ4v) is 3.24. The van der Waals surface area contributed by atoms with Gasteiger partial charge in [-0.1, -0.05) is 34.1 Å². The van der Waals surface area contributed by atoms with E-state index in [1.807, 2.05) is 18.3 Å². The van der Waals surface area contributed by atoms with Crippen LogP contribution in [0, 0.1) is 6.92 Å². The third-order valence-corrected chi connectivity index (χ3v) is 4.09. The number of nitrogens with one attached hydrogen (secondary N) is 1. The molecule has 4 rings (SSSR count). The monoisotopic (exact) mass is 337 g/mol. The molecular weight excluding hydrogens is 326 g/mol. The van der Waals surface area contributed by atoms with Gasteiger partial charge < -0.3 is 4.98 Å². The Morgan fingerprint density at radius 2 is 1.90 bits per heavy atom. The first-order valence-corrected chi connectivity index (χ1v) is 7.52. The molecule has 0 fully saturated rings. The molecule has 0 spiro atoms. The summed E-state index contributed by atoms with van der Waals surface area (Å²) >= 11 is 3.53. The van der Waals surface area contributed by atoms with Crippen molar-refractivity contribution in [1.29, 1.82) is 0 Å². The quantitative estimate of drug-likeness (QED) is 0.539. The lowest BCUT2D eigenvalue weighted by atomic mass is 10.1. The summed E-state index contributed by atoms with van der Waals surface area (Å²) in [4.78, 5) is 12.7. The van der Waals surface area contributed by atoms with Gasteiger partial charge in [-0.2, -0.15) is 0 Å². The van der Waals surface area contributed by atoms with Gasteiger partial charge in [-0.25, -0.2) is 4.98 Å². The third kappa shape index (κ3) is 2.03. The molecule has 4 aromatic rings. The second-order valence-corrected chi connectivity index (χ2v) is 6.00. The topological polar surface area (TPSA) is 41.6 Å². The average Bonchev–Trinajstić information content (AvgIpc) is 2.90. The average molecular weight is 338 g/mol. The Balaban J connectivity index is 2.03. The zero-order valence-corrected chi connectivity index (χ0v) is 13.0. The number of H-pyrrole nitrogens is 1. The van der Waals surface area contributed by atoms with Crippen molar-refractivity contribution in [3.63, 3.8) is 0 Å². The normalized spacial score (nSPS) is 11.3. The van der Waals surface area contributed by atoms with E-state index in [0.717, 1.165) is 43.4 Å². The van der Waals surface area contributed by atoms with Crippen molar-refractivity contribution in [3.8, 4) is 11.4 Å². The minimum absolute atomic E-state index is 0.857. The first kappa shape index (κ1) is 12.5. The van der Waals surface area contributed by atoms with E-state index >= 15 is 0 Å². The predicted octanol–water partition coefficient (Wildman–Crippen LogP) is 4.85. The molecule has 3 nitrogen and oxygen atoms in total. The number of benzene rings is 2. The van der Waals surface area contributed by atoms with E-state index in [1.165, 1.54) is 0 Å². The Kier molecular flexibility index (Phi) is 2.79. The standard InChI is InChI=1S/C17H12BrN3/c1-10-8-12(18)9-14-15(10)21-17(20-14)13-6-2-4-11-5-3-7-19-16(11)13/h2-9H,1H3,(H,20,21). The number of halogens is 1. The Morgan fingerprint density at radius 3 is 2.81 bits per heavy atom. The van der Waals surface area contributed by atoms with Crippen LogP contribution in [-0.2, 0) is 0 Å². The van der Waals surface area contributed by atoms with Gasteiger partial charge in [-0.3, -0.25) is 4.98 Å². The van der Waals surface area contributed by atoms with Crippen molar-refractivity contribution in [2.24, 2.45) is 0 Å². The molecule has 4 heteroatoms. The molecule has 0 unspecified atom stereocenters. The van der Waals surface area contributed by atoms with Crippen LogP contribution >= 0.6 is 15.9 Å². The first-order chi connectivity index (χ1) is 10.2. The van der Waals surface area contributed by atoms with Gasteiger partial charge in [0, 0.05) is 21.6 Å². The molecular formula is C17H12BrN3. The lowest BCUT2D eigenvalue weighted by Gasteiger charge is -2.02. The highest BCUT2D eigenvalue weighted by atomic mass is 79.9. The number of fused-ring (bicyclic) bond motifs is 2. The Hall–Kier alpha value is -2.20. The first-order valence-electron chi connectivity index (χ1n) is 6.72. The molecule has 0 bridgehead atoms. The maximum absolute atomic E-state index is 4.76. The van der Waals surface area contributed by atoms with Gasteiger partial charge in [-0.15, -0.1) is 0 Å². The Bertz CT molecular complexity index is 967. The van der Waals surface area contributed by atoms with E-state index in [1.54, 1.807) is 0 Å². The van der Waals surface area contributed by atoms with Crippen molar-refractivity contribution in [2.75, 3.05) is 0 Å². The van der Waals surface area contributed by atoms with Gasteiger partial charge in [0.25, 0.3) is 0 Å². The molecule has 0 atom stereocenters. The molecule has 0 aliphatic rings. The molecule has 0 aliphatic heterocycles. The molecule has 2 aromatic heterocycles. The number of imidazole rings is 1. The van der Waals surface area contributed by atoms with Crippen molar-refractivity contribution >= 4 is 37.9 Å². The summed E-state index contributed by atoms with van der Waals surface area (Å²) in [7, 11) is 0. The summed E-state index contributed by atoms with van der Waals surface area (Å²) in [6, 6.07) is 14.3. The smallest absolute Gasteiger partial charge is 0.140 e. The molecule has 2 heterocycles. The number of hydrogen-bond donors (Lipinski definition) is 1. The van der Waals surface area contributed by atoms with E-state index in [4.69, 9.17) is 4.98 Å². The number of rotatable bonds is 1. The number of pyridine rings is 1. The number of aromatic nitrogens is 3. The summed E-state index contributed by atoms with van der Waals surface area (Å²) in [6.45, 7) is 2.07. The van der Waals surface area contributed by atoms with E-state index in [2.05, 4.69) is 63.2 Å². The van der Waals surface area contributed by atoms with Gasteiger partial charge in [0.1, 0.15) is 5.82 Å². The lowest BCUT2D eigenvalue weighted by Crippen LogP contribution is -1.85. The lowest BCUT2D eigenvalue weighted by molar-refractivity contribution is 1.32. The third-order valence-electron chi connectivity index (χ3n) is 3.63. The minimum atomic E-state index is 0.857. The maximum atomic E-state index is 4.76. The van der Waals surface area contributed by atoms with Crippen molar-refractivity contribution in [1.82, 2.24) is 15.0 Å². The summed E-state index contributed by atoms with van der Waals surface area (Å²) in [5, 5.41) is 1.12. The summed E-state index contributed by atoms with van der Waals surface area (Å²) in [5.41, 5.74) is 5.18. The number of aryl methyl sites for hydroxylation is 1. The fourth-order valence-electron chi connectivity index (χ4n) is 2.67. The van der Waals surface area contributed by atoms with Crippen molar-refractivity contribution in [2.45, 2.75) is 6.92 Å². The molecule has 2 aromatic carbocycles. The predicted molar refractivity (Wildman–Crippen MR) is 89.3 cm³/mol. The highest BCUT2D eigenvalue weighted by Gasteiger charge is 2.11. The maximum Gasteiger partial charge on any atom is 0.140 e. The van der Waals surface area contributed by atoms with Gasteiger partial charge in [0.2, 0.25) is 0 Å². The molecule has 0 saturated carbocycles. The number of aromatic amines is 1. The van der Waals surface area contributed by atoms with Crippen molar-refractivity contribution in [3.05, 3.63) is 58.7 Å². The zero-order valence-electron chi connectivity index (χ0n) is 11.4. The second-order valence-electron chi connectivity index (χ2n) is 5.08. The molecule has 0 aliphatic carbocycles. The van der Waals surface area contributed by atoms with E-state index in [0.29, 0.717) is 0 Å². The molecule has 1 N–H and O–H groups in total. The van der Waals surface area contributed by atoms with Crippen LogP contribution < -0.4 is 0 Å². The largest absolute Gasteiger partial charge is 0.338 e. The summed E-state index contributed by atoms with van der Waals surface area (Å²) in [6.07, 6.45) is 1.82. The highest BCUT2D eigenvalue weighted by Crippen LogP contribution is 2.29. The van der Waals surface area contributed by atoms with Gasteiger partial charge in [-0.05, 0) is 36.8 Å². The fraction of sp³-hybridized carbons (Fsp3) is 0.0588. The Morgan fingerprint density at radius 1 is 1.05 bits per heavy atom. The molecule has 102 valence electrons. The van der Waals surface area contributed by atoms with Crippen LogP contribution in [0.15, 0.2) is 53.1 Å². The number of hydrogen-bond acceptors (Lipinski definition) is 2. The molecule has 21 heavy (non-hydrogen) atoms. The van der Waals surface area contributed by atoms with Crippen LogP contribution in [-0.4, -0.2) is 15.0 Å². The molecule has 0 radical (unpaired) electrons. The zero-order chi connectivity index (χ0) is 14.4. The van der Waals surface area contributed by atoms with Gasteiger partial charge >= 0.3 is 0 Å². The van der Waals surface area contributed by atoms with Crippen LogP contribution in [0.4, 0.5) is 0 Å². The van der Waals surface area contributed by atoms with Gasteiger partial charge in [0.15, 0.2) is 0 Å². The minimum Gasteiger partial charge on any atom is -0.338 e. The number of para-hydroxylation sites is 1. The molecule has 0 saturated heterocycles. The van der Waals surface area contributed by atoms with E-state index in [9.17, 15) is 0 Å². The van der Waals surface area contributed by atoms with Crippen LogP contribution in [0.3, 0.4) is 0 Å². The summed E-state index contributed by atoms with van der Waals surface area (Å²) < 4.78 is 1.05. The van der Waals surface area contributed by atoms with E-state index < -0.39 is 0 Å². The number of nitrogens with zero attached hydrogens (tertiary/aromatic N) is 2. The van der Waals surface area contributed by atoms with Gasteiger partial charge in [0.05, 0.1) is 16.6 Å².